The van der Waals surface area contributed by atoms with E-state index < -0.39 is 0 Å². The summed E-state index contributed by atoms with van der Waals surface area (Å²) < 4.78 is 0. The molecule has 0 saturated heterocycles. The van der Waals surface area contributed by atoms with Gasteiger partial charge in [0, 0.05) is 18.1 Å². The van der Waals surface area contributed by atoms with Crippen molar-refractivity contribution < 1.29 is 0 Å². The first-order valence-electron chi connectivity index (χ1n) is 7.28. The fourth-order valence-electron chi connectivity index (χ4n) is 2.57. The number of pyridine rings is 2. The second kappa shape index (κ2) is 6.04. The molecule has 20 heavy (non-hydrogen) atoms. The summed E-state index contributed by atoms with van der Waals surface area (Å²) in [4.78, 5) is 8.89. The molecule has 0 saturated carbocycles. The van der Waals surface area contributed by atoms with Gasteiger partial charge < -0.3 is 5.32 Å². The van der Waals surface area contributed by atoms with Crippen LogP contribution >= 0.6 is 0 Å². The van der Waals surface area contributed by atoms with Gasteiger partial charge in [-0.05, 0) is 49.4 Å². The van der Waals surface area contributed by atoms with Gasteiger partial charge in [-0.15, -0.1) is 0 Å². The molecule has 3 nitrogen and oxygen atoms in total. The second-order valence-corrected chi connectivity index (χ2v) is 5.10. The third kappa shape index (κ3) is 2.82. The van der Waals surface area contributed by atoms with E-state index in [1.807, 2.05) is 26.2 Å². The highest BCUT2D eigenvalue weighted by molar-refractivity contribution is 5.49. The van der Waals surface area contributed by atoms with Gasteiger partial charge in [0.05, 0.1) is 6.04 Å². The highest BCUT2D eigenvalue weighted by Crippen LogP contribution is 2.31. The molecule has 1 unspecified atom stereocenters. The van der Waals surface area contributed by atoms with E-state index in [1.165, 1.54) is 22.3 Å². The maximum atomic E-state index is 4.48. The van der Waals surface area contributed by atoms with Crippen molar-refractivity contribution >= 4 is 5.82 Å². The van der Waals surface area contributed by atoms with E-state index >= 15 is 0 Å². The summed E-state index contributed by atoms with van der Waals surface area (Å²) in [7, 11) is 0. The quantitative estimate of drug-likeness (QED) is 0.890. The van der Waals surface area contributed by atoms with E-state index in [0.29, 0.717) is 6.04 Å². The molecule has 2 bridgehead atoms. The largest absolute Gasteiger partial charge is 0.363 e. The minimum atomic E-state index is 0.316. The number of rotatable bonds is 2. The first kappa shape index (κ1) is 14.5. The molecule has 0 aromatic carbocycles. The number of aromatic nitrogens is 2. The van der Waals surface area contributed by atoms with Crippen molar-refractivity contribution in [2.75, 3.05) is 5.32 Å². The molecule has 1 N–H and O–H groups in total. The minimum absolute atomic E-state index is 0.316. The van der Waals surface area contributed by atoms with Gasteiger partial charge in [-0.25, -0.2) is 4.98 Å². The molecular formula is C17H23N3. The van der Waals surface area contributed by atoms with Gasteiger partial charge in [0.25, 0.3) is 0 Å². The number of aryl methyl sites for hydroxylation is 3. The normalized spacial score (nSPS) is 15.6. The van der Waals surface area contributed by atoms with Crippen LogP contribution in [0.3, 0.4) is 0 Å². The summed E-state index contributed by atoms with van der Waals surface area (Å²) in [5, 5.41) is 3.54. The van der Waals surface area contributed by atoms with E-state index in [4.69, 9.17) is 0 Å². The molecule has 2 heterocycles. The molecule has 0 amide bonds. The van der Waals surface area contributed by atoms with E-state index in [9.17, 15) is 0 Å². The average molecular weight is 269 g/mol. The Morgan fingerprint density at radius 3 is 2.50 bits per heavy atom. The maximum absolute atomic E-state index is 4.48. The van der Waals surface area contributed by atoms with Crippen LogP contribution in [0.4, 0.5) is 5.82 Å². The fourth-order valence-corrected chi connectivity index (χ4v) is 2.57. The summed E-state index contributed by atoms with van der Waals surface area (Å²) in [6, 6.07) is 4.71. The molecule has 1 aliphatic rings. The molecule has 2 aromatic rings. The lowest BCUT2D eigenvalue weighted by molar-refractivity contribution is 0.803. The Morgan fingerprint density at radius 1 is 1.05 bits per heavy atom. The van der Waals surface area contributed by atoms with Crippen LogP contribution in [-0.4, -0.2) is 9.97 Å². The molecular weight excluding hydrogens is 246 g/mol. The van der Waals surface area contributed by atoms with Gasteiger partial charge in [0.15, 0.2) is 0 Å². The van der Waals surface area contributed by atoms with Crippen molar-refractivity contribution in [2.24, 2.45) is 0 Å². The fraction of sp³-hybridized carbons (Fsp3) is 0.412. The van der Waals surface area contributed by atoms with Crippen LogP contribution in [0.15, 0.2) is 24.5 Å². The van der Waals surface area contributed by atoms with Crippen LogP contribution in [0.2, 0.25) is 0 Å². The molecule has 3 rings (SSSR count). The lowest BCUT2D eigenvalue weighted by Gasteiger charge is -2.16. The summed E-state index contributed by atoms with van der Waals surface area (Å²) >= 11 is 0. The zero-order valence-corrected chi connectivity index (χ0v) is 13.0. The smallest absolute Gasteiger partial charge is 0.129 e. The van der Waals surface area contributed by atoms with Crippen molar-refractivity contribution in [1.29, 1.82) is 0 Å². The van der Waals surface area contributed by atoms with Crippen LogP contribution in [0, 0.1) is 20.8 Å². The highest BCUT2D eigenvalue weighted by atomic mass is 15.0. The molecule has 106 valence electrons. The van der Waals surface area contributed by atoms with Gasteiger partial charge in [-0.3, -0.25) is 4.98 Å². The topological polar surface area (TPSA) is 37.8 Å². The Morgan fingerprint density at radius 2 is 1.80 bits per heavy atom. The number of nitrogens with one attached hydrogen (secondary N) is 1. The Kier molecular flexibility index (Phi) is 4.38. The van der Waals surface area contributed by atoms with Gasteiger partial charge in [-0.2, -0.15) is 0 Å². The summed E-state index contributed by atoms with van der Waals surface area (Å²) in [6.45, 7) is 10.2. The van der Waals surface area contributed by atoms with Gasteiger partial charge >= 0.3 is 0 Å². The van der Waals surface area contributed by atoms with Crippen LogP contribution in [0.1, 0.15) is 47.8 Å². The third-order valence-corrected chi connectivity index (χ3v) is 3.52. The first-order valence-corrected chi connectivity index (χ1v) is 7.28. The van der Waals surface area contributed by atoms with E-state index in [1.54, 1.807) is 0 Å². The third-order valence-electron chi connectivity index (χ3n) is 3.52. The molecule has 0 spiro atoms. The lowest BCUT2D eigenvalue weighted by Crippen LogP contribution is -2.12. The molecule has 1 atom stereocenters. The van der Waals surface area contributed by atoms with Crippen molar-refractivity contribution in [1.82, 2.24) is 9.97 Å². The standard InChI is InChI=1S/C15H17N3.C2H6/c1-9-4-10(2)15(17-7-9)18-14-6-12-5-13(14)11(3)16-8-12;1-2/h4-5,7-8,14H,6H2,1-3H3,(H,17,18);1-2H3. The van der Waals surface area contributed by atoms with Gasteiger partial charge in [-0.1, -0.05) is 26.0 Å². The molecule has 0 fully saturated rings. The first-order chi connectivity index (χ1) is 9.63. The lowest BCUT2D eigenvalue weighted by atomic mass is 10.1. The zero-order chi connectivity index (χ0) is 14.7. The van der Waals surface area contributed by atoms with E-state index in [-0.39, 0.29) is 0 Å². The number of nitrogens with zero attached hydrogens (tertiary/aromatic N) is 2. The number of anilines is 1. The number of hydrogen-bond donors (Lipinski definition) is 1. The molecule has 0 aliphatic heterocycles. The van der Waals surface area contributed by atoms with Crippen LogP contribution in [0.25, 0.3) is 0 Å². The van der Waals surface area contributed by atoms with Crippen molar-refractivity contribution in [2.45, 2.75) is 47.1 Å². The average Bonchev–Trinajstić information content (AvgIpc) is 2.78. The van der Waals surface area contributed by atoms with Crippen LogP contribution in [0.5, 0.6) is 0 Å². The zero-order valence-electron chi connectivity index (χ0n) is 13.0. The molecule has 2 aromatic heterocycles. The second-order valence-electron chi connectivity index (χ2n) is 5.10. The predicted molar refractivity (Wildman–Crippen MR) is 84.1 cm³/mol. The van der Waals surface area contributed by atoms with E-state index in [2.05, 4.69) is 48.2 Å². The SMILES string of the molecule is CC.Cc1cnc(NC2Cc3cnc(C)c2c3)c(C)c1. The van der Waals surface area contributed by atoms with E-state index in [0.717, 1.165) is 17.9 Å². The van der Waals surface area contributed by atoms with Crippen LogP contribution in [-0.2, 0) is 6.42 Å². The highest BCUT2D eigenvalue weighted by Gasteiger charge is 2.23. The summed E-state index contributed by atoms with van der Waals surface area (Å²) in [5.74, 6) is 0.979. The minimum Gasteiger partial charge on any atom is -0.363 e. The van der Waals surface area contributed by atoms with Gasteiger partial charge in [0.2, 0.25) is 0 Å². The molecule has 3 heteroatoms. The van der Waals surface area contributed by atoms with Crippen molar-refractivity contribution in [3.8, 4) is 0 Å². The predicted octanol–water partition coefficient (Wildman–Crippen LogP) is 4.14. The number of fused-ring (bicyclic) bond motifs is 2. The van der Waals surface area contributed by atoms with Crippen LogP contribution < -0.4 is 5.32 Å². The molecule has 0 radical (unpaired) electrons. The van der Waals surface area contributed by atoms with Gasteiger partial charge in [0.1, 0.15) is 5.82 Å². The monoisotopic (exact) mass is 269 g/mol. The summed E-state index contributed by atoms with van der Waals surface area (Å²) in [6.07, 6.45) is 4.88. The summed E-state index contributed by atoms with van der Waals surface area (Å²) in [5.41, 5.74) is 6.11. The molecule has 1 aliphatic carbocycles. The number of hydrogen-bond acceptors (Lipinski definition) is 3. The maximum Gasteiger partial charge on any atom is 0.129 e. The van der Waals surface area contributed by atoms with Crippen molar-refractivity contribution in [3.05, 3.63) is 52.5 Å². The Hall–Kier alpha value is -1.90. The Bertz CT molecular complexity index is 605. The Labute approximate surface area is 121 Å². The van der Waals surface area contributed by atoms with Crippen molar-refractivity contribution in [3.63, 3.8) is 0 Å². The Balaban J connectivity index is 0.000000704.